The lowest BCUT2D eigenvalue weighted by Crippen LogP contribution is -2.67. The molecule has 1 aliphatic heterocycles. The summed E-state index contributed by atoms with van der Waals surface area (Å²) in [6.07, 6.45) is 13.0. The summed E-state index contributed by atoms with van der Waals surface area (Å²) in [5, 5.41) is 31.6. The molecule has 5 fully saturated rings. The van der Waals surface area contributed by atoms with Gasteiger partial charge in [-0.1, -0.05) is 46.8 Å². The molecule has 0 aromatic heterocycles. The molecule has 6 rings (SSSR count). The lowest BCUT2D eigenvalue weighted by Gasteiger charge is -2.73. The van der Waals surface area contributed by atoms with Gasteiger partial charge in [-0.2, -0.15) is 0 Å². The van der Waals surface area contributed by atoms with Gasteiger partial charge in [-0.15, -0.1) is 9.71 Å². The maximum absolute atomic E-state index is 12.4. The highest BCUT2D eigenvalue weighted by Crippen LogP contribution is 2.77. The molecule has 0 radical (unpaired) electrons. The number of quaternary nitrogens is 1. The highest BCUT2D eigenvalue weighted by atomic mass is 16.4. The van der Waals surface area contributed by atoms with Crippen molar-refractivity contribution >= 4 is 6.09 Å². The number of carboxylic acid groups (broad SMARTS) is 1. The topological polar surface area (TPSA) is 85.1 Å². The van der Waals surface area contributed by atoms with E-state index in [-0.39, 0.29) is 33.2 Å². The van der Waals surface area contributed by atoms with Gasteiger partial charge in [0.2, 0.25) is 0 Å². The van der Waals surface area contributed by atoms with E-state index >= 15 is 0 Å². The Balaban J connectivity index is 1.40. The molecule has 5 aliphatic carbocycles. The molecule has 5 saturated carbocycles. The van der Waals surface area contributed by atoms with Crippen molar-refractivity contribution in [1.29, 1.82) is 0 Å². The van der Waals surface area contributed by atoms with Crippen LogP contribution in [0.3, 0.4) is 0 Å². The van der Waals surface area contributed by atoms with Crippen LogP contribution in [0.1, 0.15) is 106 Å². The first-order chi connectivity index (χ1) is 18.2. The van der Waals surface area contributed by atoms with E-state index in [1.807, 2.05) is 0 Å². The summed E-state index contributed by atoms with van der Waals surface area (Å²) in [5.74, 6) is 2.61. The Morgan fingerprint density at radius 1 is 0.974 bits per heavy atom. The molecule has 39 heavy (non-hydrogen) atoms. The van der Waals surface area contributed by atoms with E-state index in [0.29, 0.717) is 36.1 Å². The minimum atomic E-state index is -1.17. The highest BCUT2D eigenvalue weighted by molar-refractivity contribution is 5.55. The van der Waals surface area contributed by atoms with E-state index in [9.17, 15) is 15.0 Å². The standard InChI is InChI=1S/C33H51N3O3/c1-21(2)22-10-15-33(20-36(28(38)39)19-18-34-35-36)17-16-31(6)23(27(22)33)8-9-25-30(5)13-12-26(37)29(3,4)24(30)11-14-32(25,31)7/h18-19,22-27,37H,1,8-17,20H2,2-7H3/t22-,23+,24-,25?,26?,27+,30-,31+,32+,33+,36?/m0/s1. The lowest BCUT2D eigenvalue weighted by molar-refractivity contribution is -0.843. The van der Waals surface area contributed by atoms with Crippen LogP contribution < -0.4 is 5.11 Å². The smallest absolute Gasteiger partial charge is 0.292 e. The van der Waals surface area contributed by atoms with Crippen molar-refractivity contribution < 1.29 is 19.6 Å². The van der Waals surface area contributed by atoms with Gasteiger partial charge in [0.05, 0.1) is 6.10 Å². The third kappa shape index (κ3) is 3.43. The molecule has 6 heteroatoms. The van der Waals surface area contributed by atoms with E-state index in [0.717, 1.165) is 38.5 Å². The number of rotatable bonds is 3. The Kier molecular flexibility index (Phi) is 6.02. The normalized spacial score (nSPS) is 53.4. The number of carbonyl (C=O) groups is 1. The third-order valence-corrected chi connectivity index (χ3v) is 14.7. The fraction of sp³-hybridized carbons (Fsp3) is 0.848. The molecule has 0 aromatic carbocycles. The summed E-state index contributed by atoms with van der Waals surface area (Å²) in [7, 11) is 0. The molecule has 1 N–H and O–H groups in total. The van der Waals surface area contributed by atoms with E-state index in [1.54, 1.807) is 6.20 Å². The van der Waals surface area contributed by atoms with Gasteiger partial charge in [0.1, 0.15) is 12.7 Å². The minimum absolute atomic E-state index is 0.0369. The fourth-order valence-electron chi connectivity index (χ4n) is 12.6. The highest BCUT2D eigenvalue weighted by Gasteiger charge is 2.71. The number of fused-ring (bicyclic) bond motifs is 7. The summed E-state index contributed by atoms with van der Waals surface area (Å²) in [6.45, 7) is 19.6. The number of allylic oxidation sites excluding steroid dienone is 1. The molecule has 0 spiro atoms. The number of nitrogens with zero attached hydrogens (tertiary/aromatic N) is 3. The van der Waals surface area contributed by atoms with Crippen LogP contribution in [-0.2, 0) is 0 Å². The monoisotopic (exact) mass is 537 g/mol. The summed E-state index contributed by atoms with van der Waals surface area (Å²) < 4.78 is -0.514. The Labute approximate surface area is 235 Å². The van der Waals surface area contributed by atoms with Gasteiger partial charge < -0.3 is 15.0 Å². The molecular weight excluding hydrogens is 486 g/mol. The molecule has 6 aliphatic rings. The molecule has 0 aromatic rings. The predicted molar refractivity (Wildman–Crippen MR) is 149 cm³/mol. The summed E-state index contributed by atoms with van der Waals surface area (Å²) in [6, 6.07) is 0. The number of aliphatic hydroxyl groups is 1. The molecule has 11 atom stereocenters. The zero-order chi connectivity index (χ0) is 28.2. The van der Waals surface area contributed by atoms with E-state index < -0.39 is 10.7 Å². The largest absolute Gasteiger partial charge is 0.496 e. The molecule has 216 valence electrons. The second-order valence-electron chi connectivity index (χ2n) is 16.2. The first kappa shape index (κ1) is 27.6. The molecule has 1 amide bonds. The number of amides is 1. The van der Waals surface area contributed by atoms with E-state index in [4.69, 9.17) is 0 Å². The Bertz CT molecular complexity index is 1120. The van der Waals surface area contributed by atoms with Crippen molar-refractivity contribution in [3.63, 3.8) is 0 Å². The number of hydrogen-bond donors (Lipinski definition) is 1. The zero-order valence-corrected chi connectivity index (χ0v) is 25.2. The number of carbonyl (C=O) groups excluding carboxylic acids is 1. The van der Waals surface area contributed by atoms with E-state index in [2.05, 4.69) is 58.5 Å². The van der Waals surface area contributed by atoms with Crippen LogP contribution in [0, 0.1) is 56.7 Å². The van der Waals surface area contributed by atoms with Gasteiger partial charge in [0.15, 0.2) is 6.20 Å². The quantitative estimate of drug-likeness (QED) is 0.310. The van der Waals surface area contributed by atoms with Crippen LogP contribution in [0.15, 0.2) is 34.9 Å². The van der Waals surface area contributed by atoms with Crippen molar-refractivity contribution in [3.05, 3.63) is 24.6 Å². The Morgan fingerprint density at radius 3 is 2.36 bits per heavy atom. The first-order valence-corrected chi connectivity index (χ1v) is 15.7. The van der Waals surface area contributed by atoms with Crippen LogP contribution in [0.4, 0.5) is 4.79 Å². The zero-order valence-electron chi connectivity index (χ0n) is 25.2. The fourth-order valence-corrected chi connectivity index (χ4v) is 12.6. The molecule has 6 nitrogen and oxygen atoms in total. The molecule has 0 saturated heterocycles. The number of hydrogen-bond acceptors (Lipinski definition) is 5. The van der Waals surface area contributed by atoms with Crippen LogP contribution in [0.25, 0.3) is 0 Å². The van der Waals surface area contributed by atoms with Crippen molar-refractivity contribution in [3.8, 4) is 0 Å². The predicted octanol–water partition coefficient (Wildman–Crippen LogP) is 7.02. The van der Waals surface area contributed by atoms with Crippen molar-refractivity contribution in [1.82, 2.24) is 0 Å². The van der Waals surface area contributed by atoms with Crippen molar-refractivity contribution in [2.24, 2.45) is 67.0 Å². The second kappa shape index (κ2) is 8.50. The molecule has 3 unspecified atom stereocenters. The van der Waals surface area contributed by atoms with E-state index in [1.165, 1.54) is 37.5 Å². The summed E-state index contributed by atoms with van der Waals surface area (Å²) in [5.41, 5.74) is 1.82. The summed E-state index contributed by atoms with van der Waals surface area (Å²) >= 11 is 0. The Morgan fingerprint density at radius 2 is 1.72 bits per heavy atom. The average molecular weight is 538 g/mol. The van der Waals surface area contributed by atoms with Gasteiger partial charge in [-0.3, -0.25) is 0 Å². The van der Waals surface area contributed by atoms with Crippen molar-refractivity contribution in [2.75, 3.05) is 6.54 Å². The SMILES string of the molecule is C=C(C)[C@@H]1CC[C@]2(C[N+]3(C(=O)[O-])C=CN=N3)CC[C@]3(C)[C@H](CCC4[C@@]5(C)CCC(O)C(C)(C)[C@@H]5CC[C@]43C)[C@@H]12. The minimum Gasteiger partial charge on any atom is -0.496 e. The number of aliphatic hydroxyl groups excluding tert-OH is 1. The maximum atomic E-state index is 12.4. The third-order valence-electron chi connectivity index (χ3n) is 14.7. The second-order valence-corrected chi connectivity index (χ2v) is 16.2. The molecule has 0 bridgehead atoms. The lowest BCUT2D eigenvalue weighted by atomic mass is 9.32. The first-order valence-electron chi connectivity index (χ1n) is 15.7. The van der Waals surface area contributed by atoms with Crippen molar-refractivity contribution in [2.45, 2.75) is 112 Å². The van der Waals surface area contributed by atoms with Gasteiger partial charge in [0.25, 0.3) is 6.09 Å². The van der Waals surface area contributed by atoms with Gasteiger partial charge >= 0.3 is 0 Å². The molecule has 1 heterocycles. The molecular formula is C33H51N3O3. The van der Waals surface area contributed by atoms with Crippen LogP contribution in [-0.4, -0.2) is 28.4 Å². The summed E-state index contributed by atoms with van der Waals surface area (Å²) in [4.78, 5) is 12.4. The average Bonchev–Trinajstić information content (AvgIpc) is 3.48. The maximum Gasteiger partial charge on any atom is 0.292 e. The van der Waals surface area contributed by atoms with Crippen LogP contribution in [0.5, 0.6) is 0 Å². The van der Waals surface area contributed by atoms with Gasteiger partial charge in [-0.05, 0) is 122 Å². The van der Waals surface area contributed by atoms with Crippen LogP contribution >= 0.6 is 0 Å². The van der Waals surface area contributed by atoms with Gasteiger partial charge in [0, 0.05) is 10.6 Å². The van der Waals surface area contributed by atoms with Gasteiger partial charge in [-0.25, -0.2) is 0 Å². The Hall–Kier alpha value is -1.53. The van der Waals surface area contributed by atoms with Crippen LogP contribution in [0.2, 0.25) is 0 Å².